The van der Waals surface area contributed by atoms with Crippen molar-refractivity contribution in [1.82, 2.24) is 4.98 Å². The highest BCUT2D eigenvalue weighted by Gasteiger charge is 2.13. The van der Waals surface area contributed by atoms with Crippen LogP contribution in [0, 0.1) is 22.9 Å². The summed E-state index contributed by atoms with van der Waals surface area (Å²) in [5, 5.41) is 13.8. The second kappa shape index (κ2) is 7.92. The molecular weight excluding hydrogens is 373 g/mol. The highest BCUT2D eigenvalue weighted by Crippen LogP contribution is 2.30. The van der Waals surface area contributed by atoms with Gasteiger partial charge in [0.25, 0.3) is 11.6 Å². The molecule has 0 unspecified atom stereocenters. The average Bonchev–Trinajstić information content (AvgIpc) is 3.01. The number of benzene rings is 2. The zero-order chi connectivity index (χ0) is 19.4. The summed E-state index contributed by atoms with van der Waals surface area (Å²) >= 11 is 1.29. The summed E-state index contributed by atoms with van der Waals surface area (Å²) in [5.41, 5.74) is 1.29. The maximum Gasteiger partial charge on any atom is 0.273 e. The molecule has 0 fully saturated rings. The fourth-order valence-electron chi connectivity index (χ4n) is 2.32. The van der Waals surface area contributed by atoms with Crippen LogP contribution < -0.4 is 10.1 Å². The summed E-state index contributed by atoms with van der Waals surface area (Å²) in [4.78, 5) is 27.5. The van der Waals surface area contributed by atoms with E-state index in [0.29, 0.717) is 10.8 Å². The molecule has 0 aliphatic heterocycles. The number of nitrogens with zero attached hydrogens (tertiary/aromatic N) is 2. The van der Waals surface area contributed by atoms with Crippen molar-refractivity contribution in [2.24, 2.45) is 0 Å². The van der Waals surface area contributed by atoms with Crippen LogP contribution in [-0.4, -0.2) is 22.4 Å². The number of anilines is 1. The third-order valence-electron chi connectivity index (χ3n) is 3.56. The van der Waals surface area contributed by atoms with Crippen LogP contribution >= 0.6 is 11.3 Å². The summed E-state index contributed by atoms with van der Waals surface area (Å²) in [6.45, 7) is 1.54. The van der Waals surface area contributed by atoms with Crippen molar-refractivity contribution in [2.45, 2.75) is 6.92 Å². The number of nitro benzene ring substituents is 1. The third-order valence-corrected chi connectivity index (χ3v) is 4.45. The van der Waals surface area contributed by atoms with Crippen molar-refractivity contribution in [3.63, 3.8) is 0 Å². The van der Waals surface area contributed by atoms with Gasteiger partial charge in [0.1, 0.15) is 11.6 Å². The number of amides is 1. The van der Waals surface area contributed by atoms with Gasteiger partial charge in [0, 0.05) is 16.5 Å². The van der Waals surface area contributed by atoms with Crippen LogP contribution in [0.5, 0.6) is 5.75 Å². The second-order valence-electron chi connectivity index (χ2n) is 5.52. The Morgan fingerprint density at radius 3 is 2.74 bits per heavy atom. The van der Waals surface area contributed by atoms with Crippen molar-refractivity contribution < 1.29 is 18.8 Å². The lowest BCUT2D eigenvalue weighted by atomic mass is 10.1. The average molecular weight is 387 g/mol. The van der Waals surface area contributed by atoms with Gasteiger partial charge in [0.05, 0.1) is 16.7 Å². The Kier molecular flexibility index (Phi) is 5.41. The van der Waals surface area contributed by atoms with Crippen LogP contribution in [0.4, 0.5) is 15.2 Å². The minimum absolute atomic E-state index is 0.118. The van der Waals surface area contributed by atoms with Crippen LogP contribution in [0.1, 0.15) is 4.88 Å². The van der Waals surface area contributed by atoms with Crippen molar-refractivity contribution in [3.05, 3.63) is 69.3 Å². The Bertz CT molecular complexity index is 989. The summed E-state index contributed by atoms with van der Waals surface area (Å²) in [5.74, 6) is -0.555. The van der Waals surface area contributed by atoms with Crippen LogP contribution in [-0.2, 0) is 4.79 Å². The summed E-state index contributed by atoms with van der Waals surface area (Å²) < 4.78 is 18.3. The number of hydrogen-bond acceptors (Lipinski definition) is 6. The second-order valence-corrected chi connectivity index (χ2v) is 6.73. The molecule has 0 atom stereocenters. The molecular formula is C18H14FN3O4S. The van der Waals surface area contributed by atoms with Gasteiger partial charge < -0.3 is 4.74 Å². The summed E-state index contributed by atoms with van der Waals surface area (Å²) in [7, 11) is 0. The summed E-state index contributed by atoms with van der Waals surface area (Å²) in [6.07, 6.45) is 0. The van der Waals surface area contributed by atoms with Crippen LogP contribution in [0.3, 0.4) is 0 Å². The molecule has 1 aromatic heterocycles. The number of ether oxygens (including phenoxy) is 1. The minimum atomic E-state index is -0.539. The lowest BCUT2D eigenvalue weighted by Gasteiger charge is -2.05. The molecule has 1 N–H and O–H groups in total. The first-order valence-corrected chi connectivity index (χ1v) is 8.64. The lowest BCUT2D eigenvalue weighted by molar-refractivity contribution is -0.384. The third kappa shape index (κ3) is 4.64. The molecule has 0 aliphatic rings. The van der Waals surface area contributed by atoms with Crippen molar-refractivity contribution >= 4 is 28.1 Å². The van der Waals surface area contributed by atoms with Gasteiger partial charge in [-0.05, 0) is 37.3 Å². The smallest absolute Gasteiger partial charge is 0.273 e. The maximum absolute atomic E-state index is 13.0. The number of carbonyl (C=O) groups is 1. The quantitative estimate of drug-likeness (QED) is 0.506. The molecule has 0 radical (unpaired) electrons. The molecule has 0 bridgehead atoms. The molecule has 1 heterocycles. The van der Waals surface area contributed by atoms with E-state index in [0.717, 1.165) is 10.4 Å². The molecule has 2 aromatic carbocycles. The molecule has 9 heteroatoms. The highest BCUT2D eigenvalue weighted by atomic mass is 32.1. The molecule has 3 aromatic rings. The number of hydrogen-bond donors (Lipinski definition) is 1. The topological polar surface area (TPSA) is 94.4 Å². The zero-order valence-corrected chi connectivity index (χ0v) is 15.0. The monoisotopic (exact) mass is 387 g/mol. The van der Waals surface area contributed by atoms with Crippen LogP contribution in [0.25, 0.3) is 11.3 Å². The Hall–Kier alpha value is -3.33. The van der Waals surface area contributed by atoms with Crippen molar-refractivity contribution in [3.8, 4) is 17.0 Å². The predicted octanol–water partition coefficient (Wildman–Crippen LogP) is 4.18. The van der Waals surface area contributed by atoms with E-state index < -0.39 is 10.8 Å². The highest BCUT2D eigenvalue weighted by molar-refractivity contribution is 7.16. The van der Waals surface area contributed by atoms with E-state index in [1.54, 1.807) is 12.1 Å². The van der Waals surface area contributed by atoms with Gasteiger partial charge in [0.15, 0.2) is 11.7 Å². The molecule has 138 valence electrons. The number of aryl methyl sites for hydroxylation is 1. The van der Waals surface area contributed by atoms with E-state index in [9.17, 15) is 19.3 Å². The van der Waals surface area contributed by atoms with E-state index in [1.165, 1.54) is 47.7 Å². The normalized spacial score (nSPS) is 10.4. The van der Waals surface area contributed by atoms with Gasteiger partial charge in [-0.2, -0.15) is 0 Å². The Morgan fingerprint density at radius 1 is 1.30 bits per heavy atom. The van der Waals surface area contributed by atoms with Gasteiger partial charge in [-0.25, -0.2) is 9.37 Å². The standard InChI is InChI=1S/C18H14FN3O4S/c1-11-17(12-5-7-13(19)8-6-12)21-18(27-11)20-16(23)10-26-15-4-2-3-14(9-15)22(24)25/h2-9H,10H2,1H3,(H,20,21,23). The number of aromatic nitrogens is 1. The van der Waals surface area contributed by atoms with Crippen molar-refractivity contribution in [1.29, 1.82) is 0 Å². The maximum atomic E-state index is 13.0. The molecule has 0 spiro atoms. The molecule has 1 amide bonds. The molecule has 0 saturated carbocycles. The molecule has 0 saturated heterocycles. The molecule has 0 aliphatic carbocycles. The number of rotatable bonds is 6. The number of nitrogens with one attached hydrogen (secondary N) is 1. The Morgan fingerprint density at radius 2 is 2.04 bits per heavy atom. The van der Waals surface area contributed by atoms with Crippen molar-refractivity contribution in [2.75, 3.05) is 11.9 Å². The van der Waals surface area contributed by atoms with Gasteiger partial charge >= 0.3 is 0 Å². The SMILES string of the molecule is Cc1sc(NC(=O)COc2cccc([N+](=O)[O-])c2)nc1-c1ccc(F)cc1. The Labute approximate surface area is 157 Å². The zero-order valence-electron chi connectivity index (χ0n) is 14.1. The van der Waals surface area contributed by atoms with E-state index >= 15 is 0 Å². The number of nitro groups is 1. The van der Waals surface area contributed by atoms with E-state index in [1.807, 2.05) is 6.92 Å². The van der Waals surface area contributed by atoms with E-state index in [-0.39, 0.29) is 23.9 Å². The van der Waals surface area contributed by atoms with Gasteiger partial charge in [-0.1, -0.05) is 6.07 Å². The first-order valence-electron chi connectivity index (χ1n) is 7.83. The van der Waals surface area contributed by atoms with Crippen LogP contribution in [0.15, 0.2) is 48.5 Å². The number of halogens is 1. The summed E-state index contributed by atoms with van der Waals surface area (Å²) in [6, 6.07) is 11.5. The first-order chi connectivity index (χ1) is 12.9. The van der Waals surface area contributed by atoms with Gasteiger partial charge in [-0.3, -0.25) is 20.2 Å². The van der Waals surface area contributed by atoms with E-state index in [2.05, 4.69) is 10.3 Å². The number of thiazole rings is 1. The predicted molar refractivity (Wildman–Crippen MR) is 99.5 cm³/mol. The fraction of sp³-hybridized carbons (Fsp3) is 0.111. The van der Waals surface area contributed by atoms with Gasteiger partial charge in [-0.15, -0.1) is 11.3 Å². The number of carbonyl (C=O) groups excluding carboxylic acids is 1. The molecule has 3 rings (SSSR count). The number of non-ortho nitro benzene ring substituents is 1. The largest absolute Gasteiger partial charge is 0.484 e. The first kappa shape index (κ1) is 18.5. The Balaban J connectivity index is 1.63. The molecule has 27 heavy (non-hydrogen) atoms. The van der Waals surface area contributed by atoms with Gasteiger partial charge in [0.2, 0.25) is 0 Å². The molecule has 7 nitrogen and oxygen atoms in total. The lowest BCUT2D eigenvalue weighted by Crippen LogP contribution is -2.20. The van der Waals surface area contributed by atoms with E-state index in [4.69, 9.17) is 4.74 Å². The van der Waals surface area contributed by atoms with Crippen LogP contribution in [0.2, 0.25) is 0 Å². The fourth-order valence-corrected chi connectivity index (χ4v) is 3.17. The minimum Gasteiger partial charge on any atom is -0.484 e.